The van der Waals surface area contributed by atoms with E-state index >= 15 is 0 Å². The Morgan fingerprint density at radius 1 is 1.41 bits per heavy atom. The van der Waals surface area contributed by atoms with Gasteiger partial charge in [-0.1, -0.05) is 6.92 Å². The third-order valence-corrected chi connectivity index (χ3v) is 4.59. The van der Waals surface area contributed by atoms with E-state index in [9.17, 15) is 4.79 Å². The molecule has 2 fully saturated rings. The van der Waals surface area contributed by atoms with Gasteiger partial charge in [0.15, 0.2) is 0 Å². The Kier molecular flexibility index (Phi) is 4.24. The third kappa shape index (κ3) is 2.54. The number of hydrogen-bond acceptors (Lipinski definition) is 4. The summed E-state index contributed by atoms with van der Waals surface area (Å²) in [4.78, 5) is 14.5. The Labute approximate surface area is 130 Å². The van der Waals surface area contributed by atoms with Crippen LogP contribution in [-0.4, -0.2) is 53.1 Å². The molecule has 2 aliphatic heterocycles. The molecule has 2 aliphatic rings. The summed E-state index contributed by atoms with van der Waals surface area (Å²) in [6, 6.07) is 0.434. The summed E-state index contributed by atoms with van der Waals surface area (Å²) in [6.07, 6.45) is 2.88. The van der Waals surface area contributed by atoms with E-state index in [1.807, 2.05) is 11.9 Å². The number of ether oxygens (including phenoxy) is 2. The molecule has 1 N–H and O–H groups in total. The highest BCUT2D eigenvalue weighted by molar-refractivity contribution is 5.75. The van der Waals surface area contributed by atoms with Gasteiger partial charge in [0.05, 0.1) is 50.2 Å². The molecule has 2 unspecified atom stereocenters. The molecule has 2 bridgehead atoms. The first-order valence-corrected chi connectivity index (χ1v) is 7.88. The molecule has 0 spiro atoms. The van der Waals surface area contributed by atoms with Crippen LogP contribution in [0.1, 0.15) is 31.0 Å². The Hall–Kier alpha value is -1.76. The molecule has 7 heteroatoms. The van der Waals surface area contributed by atoms with Gasteiger partial charge in [0, 0.05) is 7.05 Å². The molecule has 0 aromatic carbocycles. The average molecular weight is 308 g/mol. The van der Waals surface area contributed by atoms with Crippen LogP contribution in [0.4, 0.5) is 4.79 Å². The molecule has 0 radical (unpaired) electrons. The normalized spacial score (nSPS) is 23.7. The van der Waals surface area contributed by atoms with Crippen LogP contribution in [0.5, 0.6) is 5.88 Å². The predicted molar refractivity (Wildman–Crippen MR) is 80.8 cm³/mol. The number of amides is 2. The monoisotopic (exact) mass is 308 g/mol. The van der Waals surface area contributed by atoms with Crippen LogP contribution in [0.2, 0.25) is 0 Å². The van der Waals surface area contributed by atoms with E-state index in [0.29, 0.717) is 25.6 Å². The molecule has 3 rings (SSSR count). The number of aromatic nitrogens is 2. The highest BCUT2D eigenvalue weighted by atomic mass is 16.5. The Balaban J connectivity index is 1.69. The second kappa shape index (κ2) is 6.16. The van der Waals surface area contributed by atoms with Crippen molar-refractivity contribution in [2.24, 2.45) is 7.05 Å². The van der Waals surface area contributed by atoms with Gasteiger partial charge in [0.1, 0.15) is 0 Å². The van der Waals surface area contributed by atoms with E-state index in [1.165, 1.54) is 0 Å². The molecule has 0 saturated carbocycles. The van der Waals surface area contributed by atoms with Gasteiger partial charge in [-0.05, 0) is 19.3 Å². The van der Waals surface area contributed by atoms with E-state index in [4.69, 9.17) is 9.47 Å². The Morgan fingerprint density at radius 2 is 2.09 bits per heavy atom. The van der Waals surface area contributed by atoms with Crippen molar-refractivity contribution in [2.75, 3.05) is 20.3 Å². The van der Waals surface area contributed by atoms with Crippen LogP contribution in [-0.2, 0) is 24.8 Å². The largest absolute Gasteiger partial charge is 0.481 e. The zero-order valence-electron chi connectivity index (χ0n) is 13.5. The van der Waals surface area contributed by atoms with Crippen LogP contribution < -0.4 is 10.1 Å². The van der Waals surface area contributed by atoms with Crippen molar-refractivity contribution >= 4 is 6.03 Å². The minimum absolute atomic E-state index is 0.0104. The van der Waals surface area contributed by atoms with Crippen LogP contribution in [0, 0.1) is 0 Å². The van der Waals surface area contributed by atoms with Crippen molar-refractivity contribution < 1.29 is 14.3 Å². The summed E-state index contributed by atoms with van der Waals surface area (Å²) in [5.74, 6) is 0.710. The Morgan fingerprint density at radius 3 is 2.68 bits per heavy atom. The molecule has 2 atom stereocenters. The lowest BCUT2D eigenvalue weighted by Crippen LogP contribution is -2.52. The zero-order chi connectivity index (χ0) is 15.7. The third-order valence-electron chi connectivity index (χ3n) is 4.59. The summed E-state index contributed by atoms with van der Waals surface area (Å²) < 4.78 is 12.6. The summed E-state index contributed by atoms with van der Waals surface area (Å²) in [5.41, 5.74) is 1.92. The van der Waals surface area contributed by atoms with Gasteiger partial charge >= 0.3 is 6.03 Å². The quantitative estimate of drug-likeness (QED) is 0.903. The van der Waals surface area contributed by atoms with Crippen LogP contribution in [0.3, 0.4) is 0 Å². The molecule has 3 heterocycles. The maximum Gasteiger partial charge on any atom is 0.318 e. The number of methoxy groups -OCH3 is 1. The first-order valence-electron chi connectivity index (χ1n) is 7.88. The number of fused-ring (bicyclic) bond motifs is 2. The fourth-order valence-corrected chi connectivity index (χ4v) is 3.54. The molecule has 122 valence electrons. The molecular weight excluding hydrogens is 284 g/mol. The van der Waals surface area contributed by atoms with E-state index in [0.717, 1.165) is 30.5 Å². The lowest BCUT2D eigenvalue weighted by molar-refractivity contribution is 0.00630. The number of aryl methyl sites for hydroxylation is 2. The van der Waals surface area contributed by atoms with E-state index in [1.54, 1.807) is 11.8 Å². The van der Waals surface area contributed by atoms with Crippen molar-refractivity contribution in [3.8, 4) is 5.88 Å². The number of rotatable bonds is 4. The molecule has 2 amide bonds. The van der Waals surface area contributed by atoms with Gasteiger partial charge in [-0.2, -0.15) is 5.10 Å². The number of hydrogen-bond donors (Lipinski definition) is 1. The molecule has 22 heavy (non-hydrogen) atoms. The minimum atomic E-state index is -0.0104. The van der Waals surface area contributed by atoms with Crippen molar-refractivity contribution in [2.45, 2.75) is 44.8 Å². The standard InChI is InChI=1S/C15H24N4O3/c1-4-13-12(14(21-3)18(2)17-13)7-16-15(20)19-10-5-6-11(19)9-22-8-10/h10-11H,4-9H2,1-3H3,(H,16,20). The van der Waals surface area contributed by atoms with E-state index < -0.39 is 0 Å². The second-order valence-corrected chi connectivity index (χ2v) is 5.90. The number of nitrogens with zero attached hydrogens (tertiary/aromatic N) is 3. The van der Waals surface area contributed by atoms with E-state index in [-0.39, 0.29) is 18.1 Å². The van der Waals surface area contributed by atoms with Gasteiger partial charge in [-0.15, -0.1) is 0 Å². The summed E-state index contributed by atoms with van der Waals surface area (Å²) >= 11 is 0. The van der Waals surface area contributed by atoms with Crippen LogP contribution in [0.25, 0.3) is 0 Å². The molecular formula is C15H24N4O3. The zero-order valence-corrected chi connectivity index (χ0v) is 13.5. The van der Waals surface area contributed by atoms with Crippen molar-refractivity contribution in [1.29, 1.82) is 0 Å². The lowest BCUT2D eigenvalue weighted by atomic mass is 10.2. The maximum atomic E-state index is 12.5. The summed E-state index contributed by atoms with van der Waals surface area (Å²) in [7, 11) is 3.48. The van der Waals surface area contributed by atoms with Gasteiger partial charge in [0.25, 0.3) is 0 Å². The number of carbonyl (C=O) groups excluding carboxylic acids is 1. The second-order valence-electron chi connectivity index (χ2n) is 5.90. The molecule has 2 saturated heterocycles. The Bertz CT molecular complexity index is 541. The van der Waals surface area contributed by atoms with Gasteiger partial charge < -0.3 is 19.7 Å². The van der Waals surface area contributed by atoms with Crippen LogP contribution in [0.15, 0.2) is 0 Å². The van der Waals surface area contributed by atoms with E-state index in [2.05, 4.69) is 17.3 Å². The average Bonchev–Trinajstić information content (AvgIpc) is 2.97. The topological polar surface area (TPSA) is 68.6 Å². The van der Waals surface area contributed by atoms with Crippen LogP contribution >= 0.6 is 0 Å². The molecule has 1 aromatic heterocycles. The van der Waals surface area contributed by atoms with Gasteiger partial charge in [-0.25, -0.2) is 9.48 Å². The molecule has 0 aliphatic carbocycles. The predicted octanol–water partition coefficient (Wildman–Crippen LogP) is 1.06. The minimum Gasteiger partial charge on any atom is -0.481 e. The number of nitrogens with one attached hydrogen (secondary N) is 1. The smallest absolute Gasteiger partial charge is 0.318 e. The number of carbonyl (C=O) groups is 1. The number of morpholine rings is 1. The SMILES string of the molecule is CCc1nn(C)c(OC)c1CNC(=O)N1C2CCC1COC2. The number of urea groups is 1. The first-order chi connectivity index (χ1) is 10.7. The highest BCUT2D eigenvalue weighted by Crippen LogP contribution is 2.29. The van der Waals surface area contributed by atoms with Gasteiger partial charge in [-0.3, -0.25) is 0 Å². The summed E-state index contributed by atoms with van der Waals surface area (Å²) in [5, 5.41) is 7.47. The molecule has 7 nitrogen and oxygen atoms in total. The van der Waals surface area contributed by atoms with Gasteiger partial charge in [0.2, 0.25) is 5.88 Å². The van der Waals surface area contributed by atoms with Crippen molar-refractivity contribution in [3.05, 3.63) is 11.3 Å². The lowest BCUT2D eigenvalue weighted by Gasteiger charge is -2.34. The molecule has 1 aromatic rings. The highest BCUT2D eigenvalue weighted by Gasteiger charge is 2.40. The van der Waals surface area contributed by atoms with Crippen molar-refractivity contribution in [3.63, 3.8) is 0 Å². The first kappa shape index (κ1) is 15.1. The fourth-order valence-electron chi connectivity index (χ4n) is 3.54. The summed E-state index contributed by atoms with van der Waals surface area (Å²) in [6.45, 7) is 3.80. The van der Waals surface area contributed by atoms with Crippen molar-refractivity contribution in [1.82, 2.24) is 20.0 Å². The fraction of sp³-hybridized carbons (Fsp3) is 0.733. The maximum absolute atomic E-state index is 12.5.